The van der Waals surface area contributed by atoms with E-state index in [0.717, 1.165) is 23.5 Å². The fourth-order valence-corrected chi connectivity index (χ4v) is 1.36. The van der Waals surface area contributed by atoms with E-state index in [9.17, 15) is 0 Å². The quantitative estimate of drug-likeness (QED) is 0.748. The Morgan fingerprint density at radius 3 is 2.53 bits per heavy atom. The lowest BCUT2D eigenvalue weighted by atomic mass is 10.1. The van der Waals surface area contributed by atoms with E-state index < -0.39 is 0 Å². The number of ether oxygens (including phenoxy) is 2. The largest absolute Gasteiger partial charge is 0.493 e. The van der Waals surface area contributed by atoms with Crippen molar-refractivity contribution in [3.05, 3.63) is 36.4 Å². The summed E-state index contributed by atoms with van der Waals surface area (Å²) in [7, 11) is 3.24. The van der Waals surface area contributed by atoms with E-state index in [1.165, 1.54) is 0 Å². The number of hydrogen-bond donors (Lipinski definition) is 1. The number of methoxy groups -OCH3 is 2. The van der Waals surface area contributed by atoms with Gasteiger partial charge in [-0.25, -0.2) is 0 Å². The second-order valence-electron chi connectivity index (χ2n) is 3.29. The van der Waals surface area contributed by atoms with Crippen LogP contribution in [-0.2, 0) is 6.42 Å². The molecular formula is C12H17NO2. The van der Waals surface area contributed by atoms with Crippen LogP contribution in [0.25, 0.3) is 0 Å². The van der Waals surface area contributed by atoms with E-state index in [4.69, 9.17) is 15.2 Å². The number of hydrogen-bond acceptors (Lipinski definition) is 3. The molecule has 0 amide bonds. The maximum absolute atomic E-state index is 5.78. The summed E-state index contributed by atoms with van der Waals surface area (Å²) in [6.07, 6.45) is 2.49. The Balaban J connectivity index is 2.87. The first-order valence-electron chi connectivity index (χ1n) is 4.80. The maximum Gasteiger partial charge on any atom is 0.160 e. The normalized spacial score (nSPS) is 11.9. The molecule has 0 aliphatic rings. The van der Waals surface area contributed by atoms with Crippen molar-refractivity contribution in [2.75, 3.05) is 14.2 Å². The third-order valence-electron chi connectivity index (χ3n) is 2.22. The van der Waals surface area contributed by atoms with Crippen LogP contribution in [0.1, 0.15) is 5.56 Å². The van der Waals surface area contributed by atoms with Gasteiger partial charge in [0.25, 0.3) is 0 Å². The molecule has 1 atom stereocenters. The van der Waals surface area contributed by atoms with Gasteiger partial charge in [-0.3, -0.25) is 0 Å². The molecule has 1 aromatic rings. The highest BCUT2D eigenvalue weighted by Gasteiger charge is 2.06. The number of rotatable bonds is 5. The highest BCUT2D eigenvalue weighted by molar-refractivity contribution is 5.43. The summed E-state index contributed by atoms with van der Waals surface area (Å²) >= 11 is 0. The molecule has 0 bridgehead atoms. The number of benzene rings is 1. The first-order chi connectivity index (χ1) is 7.21. The van der Waals surface area contributed by atoms with Gasteiger partial charge in [-0.2, -0.15) is 0 Å². The van der Waals surface area contributed by atoms with Crippen molar-refractivity contribution in [2.24, 2.45) is 5.73 Å². The van der Waals surface area contributed by atoms with Crippen LogP contribution >= 0.6 is 0 Å². The highest BCUT2D eigenvalue weighted by Crippen LogP contribution is 2.27. The van der Waals surface area contributed by atoms with Gasteiger partial charge >= 0.3 is 0 Å². The molecule has 1 rings (SSSR count). The van der Waals surface area contributed by atoms with Crippen molar-refractivity contribution in [3.63, 3.8) is 0 Å². The van der Waals surface area contributed by atoms with Crippen LogP contribution in [0.2, 0.25) is 0 Å². The molecule has 1 aromatic carbocycles. The molecule has 2 N–H and O–H groups in total. The van der Waals surface area contributed by atoms with Gasteiger partial charge < -0.3 is 15.2 Å². The smallest absolute Gasteiger partial charge is 0.160 e. The average Bonchev–Trinajstić information content (AvgIpc) is 2.28. The summed E-state index contributed by atoms with van der Waals surface area (Å²) < 4.78 is 10.3. The second-order valence-corrected chi connectivity index (χ2v) is 3.29. The predicted molar refractivity (Wildman–Crippen MR) is 61.4 cm³/mol. The fourth-order valence-electron chi connectivity index (χ4n) is 1.36. The Hall–Kier alpha value is -1.48. The second kappa shape index (κ2) is 5.41. The topological polar surface area (TPSA) is 44.5 Å². The van der Waals surface area contributed by atoms with E-state index in [0.29, 0.717) is 0 Å². The molecule has 0 aromatic heterocycles. The zero-order valence-corrected chi connectivity index (χ0v) is 9.19. The summed E-state index contributed by atoms with van der Waals surface area (Å²) in [4.78, 5) is 0. The Labute approximate surface area is 90.5 Å². The minimum atomic E-state index is -0.0249. The molecule has 3 nitrogen and oxygen atoms in total. The summed E-state index contributed by atoms with van der Waals surface area (Å²) in [6.45, 7) is 3.65. The van der Waals surface area contributed by atoms with Crippen molar-refractivity contribution < 1.29 is 9.47 Å². The molecule has 3 heteroatoms. The Bertz CT molecular complexity index is 336. The molecule has 0 saturated carbocycles. The van der Waals surface area contributed by atoms with E-state index >= 15 is 0 Å². The van der Waals surface area contributed by atoms with Crippen LogP contribution in [0.4, 0.5) is 0 Å². The zero-order chi connectivity index (χ0) is 11.3. The summed E-state index contributed by atoms with van der Waals surface area (Å²) in [5.41, 5.74) is 6.89. The Morgan fingerprint density at radius 1 is 1.33 bits per heavy atom. The molecular weight excluding hydrogens is 190 g/mol. The SMILES string of the molecule is C=CC(N)Cc1ccc(OC)c(OC)c1. The summed E-state index contributed by atoms with van der Waals surface area (Å²) in [6, 6.07) is 5.76. The van der Waals surface area contributed by atoms with Crippen molar-refractivity contribution in [1.82, 2.24) is 0 Å². The molecule has 0 fully saturated rings. The molecule has 82 valence electrons. The molecule has 0 heterocycles. The predicted octanol–water partition coefficient (Wildman–Crippen LogP) is 1.76. The molecule has 0 radical (unpaired) electrons. The van der Waals surface area contributed by atoms with Crippen molar-refractivity contribution in [3.8, 4) is 11.5 Å². The summed E-state index contributed by atoms with van der Waals surface area (Å²) in [5, 5.41) is 0. The summed E-state index contributed by atoms with van der Waals surface area (Å²) in [5.74, 6) is 1.46. The third-order valence-corrected chi connectivity index (χ3v) is 2.22. The molecule has 0 aliphatic heterocycles. The minimum Gasteiger partial charge on any atom is -0.493 e. The number of nitrogens with two attached hydrogens (primary N) is 1. The first-order valence-corrected chi connectivity index (χ1v) is 4.80. The molecule has 1 unspecified atom stereocenters. The van der Waals surface area contributed by atoms with Gasteiger partial charge in [0.15, 0.2) is 11.5 Å². The van der Waals surface area contributed by atoms with Gasteiger partial charge in [0.1, 0.15) is 0 Å². The van der Waals surface area contributed by atoms with Crippen LogP contribution in [-0.4, -0.2) is 20.3 Å². The lowest BCUT2D eigenvalue weighted by Gasteiger charge is -2.11. The molecule has 0 aliphatic carbocycles. The van der Waals surface area contributed by atoms with Crippen molar-refractivity contribution in [2.45, 2.75) is 12.5 Å². The zero-order valence-electron chi connectivity index (χ0n) is 9.19. The van der Waals surface area contributed by atoms with E-state index in [2.05, 4.69) is 6.58 Å². The van der Waals surface area contributed by atoms with E-state index in [1.54, 1.807) is 20.3 Å². The van der Waals surface area contributed by atoms with Gasteiger partial charge in [-0.05, 0) is 24.1 Å². The lowest BCUT2D eigenvalue weighted by molar-refractivity contribution is 0.354. The Kier molecular flexibility index (Phi) is 4.18. The lowest BCUT2D eigenvalue weighted by Crippen LogP contribution is -2.19. The van der Waals surface area contributed by atoms with Crippen molar-refractivity contribution in [1.29, 1.82) is 0 Å². The molecule has 0 spiro atoms. The monoisotopic (exact) mass is 207 g/mol. The standard InChI is InChI=1S/C12H17NO2/c1-4-10(13)7-9-5-6-11(14-2)12(8-9)15-3/h4-6,8,10H,1,7,13H2,2-3H3. The van der Waals surface area contributed by atoms with Gasteiger partial charge in [-0.1, -0.05) is 12.1 Å². The van der Waals surface area contributed by atoms with Crippen LogP contribution in [0.5, 0.6) is 11.5 Å². The maximum atomic E-state index is 5.78. The molecule has 0 saturated heterocycles. The minimum absolute atomic E-state index is 0.0249. The van der Waals surface area contributed by atoms with Gasteiger partial charge in [0, 0.05) is 6.04 Å². The van der Waals surface area contributed by atoms with Crippen LogP contribution in [0, 0.1) is 0 Å². The first kappa shape index (κ1) is 11.6. The van der Waals surface area contributed by atoms with Gasteiger partial charge in [-0.15, -0.1) is 6.58 Å². The fraction of sp³-hybridized carbons (Fsp3) is 0.333. The van der Waals surface area contributed by atoms with Crippen LogP contribution in [0.3, 0.4) is 0 Å². The van der Waals surface area contributed by atoms with E-state index in [1.807, 2.05) is 18.2 Å². The molecule has 15 heavy (non-hydrogen) atoms. The van der Waals surface area contributed by atoms with Gasteiger partial charge in [0.05, 0.1) is 14.2 Å². The van der Waals surface area contributed by atoms with E-state index in [-0.39, 0.29) is 6.04 Å². The average molecular weight is 207 g/mol. The highest BCUT2D eigenvalue weighted by atomic mass is 16.5. The van der Waals surface area contributed by atoms with Crippen LogP contribution in [0.15, 0.2) is 30.9 Å². The van der Waals surface area contributed by atoms with Crippen molar-refractivity contribution >= 4 is 0 Å². The van der Waals surface area contributed by atoms with Gasteiger partial charge in [0.2, 0.25) is 0 Å². The Morgan fingerprint density at radius 2 is 2.00 bits per heavy atom. The van der Waals surface area contributed by atoms with Crippen LogP contribution < -0.4 is 15.2 Å². The third kappa shape index (κ3) is 2.99.